The van der Waals surface area contributed by atoms with Gasteiger partial charge in [0, 0.05) is 37.7 Å². The molecule has 1 aromatic heterocycles. The maximum atomic E-state index is 12.4. The highest BCUT2D eigenvalue weighted by Gasteiger charge is 2.22. The summed E-state index contributed by atoms with van der Waals surface area (Å²) in [5.74, 6) is 0.430. The molecular formula is C17H18ClN5O2. The highest BCUT2D eigenvalue weighted by atomic mass is 35.5. The number of nitrogens with zero attached hydrogens (tertiary/aromatic N) is 4. The van der Waals surface area contributed by atoms with Gasteiger partial charge in [0.25, 0.3) is 5.91 Å². The number of rotatable bonds is 5. The van der Waals surface area contributed by atoms with E-state index >= 15 is 0 Å². The molecule has 25 heavy (non-hydrogen) atoms. The van der Waals surface area contributed by atoms with Crippen molar-refractivity contribution in [1.29, 1.82) is 0 Å². The van der Waals surface area contributed by atoms with Crippen molar-refractivity contribution in [2.75, 3.05) is 31.5 Å². The highest BCUT2D eigenvalue weighted by molar-refractivity contribution is 6.30. The van der Waals surface area contributed by atoms with Crippen molar-refractivity contribution in [2.24, 2.45) is 0 Å². The molecule has 2 aromatic rings. The number of amides is 2. The van der Waals surface area contributed by atoms with Crippen molar-refractivity contribution >= 4 is 29.7 Å². The van der Waals surface area contributed by atoms with E-state index in [1.54, 1.807) is 21.9 Å². The van der Waals surface area contributed by atoms with E-state index in [4.69, 9.17) is 11.6 Å². The zero-order valence-electron chi connectivity index (χ0n) is 13.6. The fraction of sp³-hybridized carbons (Fsp3) is 0.294. The van der Waals surface area contributed by atoms with Crippen molar-refractivity contribution in [3.8, 4) is 0 Å². The van der Waals surface area contributed by atoms with E-state index in [9.17, 15) is 9.59 Å². The standard InChI is InChI=1S/C17H18ClN5O2/c18-14-3-1-13(2-4-14)11-19-16-6-5-15(20-21-16)17(25)23-9-7-22(12-24)8-10-23/h1-6,12H,7-11H2,(H,19,21). The summed E-state index contributed by atoms with van der Waals surface area (Å²) in [7, 11) is 0. The molecule has 2 heterocycles. The van der Waals surface area contributed by atoms with E-state index in [0.29, 0.717) is 49.3 Å². The van der Waals surface area contributed by atoms with E-state index in [1.165, 1.54) is 0 Å². The number of piperazine rings is 1. The summed E-state index contributed by atoms with van der Waals surface area (Å²) in [6.07, 6.45) is 0.808. The van der Waals surface area contributed by atoms with Gasteiger partial charge in [0.15, 0.2) is 5.69 Å². The molecule has 1 aromatic carbocycles. The van der Waals surface area contributed by atoms with Crippen molar-refractivity contribution in [1.82, 2.24) is 20.0 Å². The fourth-order valence-electron chi connectivity index (χ4n) is 2.53. The van der Waals surface area contributed by atoms with E-state index < -0.39 is 0 Å². The number of halogens is 1. The van der Waals surface area contributed by atoms with Crippen LogP contribution in [-0.4, -0.2) is 58.5 Å². The Balaban J connectivity index is 1.55. The Kier molecular flexibility index (Phi) is 5.45. The van der Waals surface area contributed by atoms with Gasteiger partial charge in [0.05, 0.1) is 0 Å². The Morgan fingerprint density at radius 2 is 1.80 bits per heavy atom. The smallest absolute Gasteiger partial charge is 0.274 e. The molecule has 1 aliphatic rings. The van der Waals surface area contributed by atoms with Gasteiger partial charge in [-0.3, -0.25) is 9.59 Å². The normalized spacial score (nSPS) is 14.3. The predicted octanol–water partition coefficient (Wildman–Crippen LogP) is 1.66. The van der Waals surface area contributed by atoms with Crippen LogP contribution in [0.2, 0.25) is 5.02 Å². The molecular weight excluding hydrogens is 342 g/mol. The highest BCUT2D eigenvalue weighted by Crippen LogP contribution is 2.12. The lowest BCUT2D eigenvalue weighted by molar-refractivity contribution is -0.119. The maximum absolute atomic E-state index is 12.4. The summed E-state index contributed by atoms with van der Waals surface area (Å²) in [5, 5.41) is 11.9. The molecule has 1 fully saturated rings. The molecule has 0 aliphatic carbocycles. The van der Waals surface area contributed by atoms with E-state index in [1.807, 2.05) is 24.3 Å². The monoisotopic (exact) mass is 359 g/mol. The van der Waals surface area contributed by atoms with E-state index in [2.05, 4.69) is 15.5 Å². The Morgan fingerprint density at radius 1 is 1.08 bits per heavy atom. The lowest BCUT2D eigenvalue weighted by Gasteiger charge is -2.32. The van der Waals surface area contributed by atoms with Crippen LogP contribution >= 0.6 is 11.6 Å². The number of aromatic nitrogens is 2. The second kappa shape index (κ2) is 7.94. The first-order valence-corrected chi connectivity index (χ1v) is 8.34. The van der Waals surface area contributed by atoms with Crippen LogP contribution in [0.3, 0.4) is 0 Å². The average Bonchev–Trinajstić information content (AvgIpc) is 2.67. The van der Waals surface area contributed by atoms with Crippen LogP contribution in [0.4, 0.5) is 5.82 Å². The molecule has 1 N–H and O–H groups in total. The summed E-state index contributed by atoms with van der Waals surface area (Å²) in [6, 6.07) is 10.9. The van der Waals surface area contributed by atoms with Gasteiger partial charge in [-0.15, -0.1) is 10.2 Å². The summed E-state index contributed by atoms with van der Waals surface area (Å²) in [5.41, 5.74) is 1.37. The summed E-state index contributed by atoms with van der Waals surface area (Å²) >= 11 is 5.86. The molecule has 8 heteroatoms. The van der Waals surface area contributed by atoms with Gasteiger partial charge in [-0.25, -0.2) is 0 Å². The molecule has 0 saturated carbocycles. The van der Waals surface area contributed by atoms with Crippen LogP contribution in [0, 0.1) is 0 Å². The minimum absolute atomic E-state index is 0.165. The van der Waals surface area contributed by atoms with Crippen molar-refractivity contribution in [3.63, 3.8) is 0 Å². The Bertz CT molecular complexity index is 728. The number of nitrogens with one attached hydrogen (secondary N) is 1. The third-order valence-corrected chi connectivity index (χ3v) is 4.27. The van der Waals surface area contributed by atoms with Gasteiger partial charge in [-0.1, -0.05) is 23.7 Å². The Hall–Kier alpha value is -2.67. The zero-order valence-corrected chi connectivity index (χ0v) is 14.3. The third-order valence-electron chi connectivity index (χ3n) is 4.02. The Morgan fingerprint density at radius 3 is 2.40 bits per heavy atom. The summed E-state index contributed by atoms with van der Waals surface area (Å²) in [4.78, 5) is 26.4. The van der Waals surface area contributed by atoms with Gasteiger partial charge in [-0.2, -0.15) is 0 Å². The number of hydrogen-bond acceptors (Lipinski definition) is 5. The molecule has 0 unspecified atom stereocenters. The average molecular weight is 360 g/mol. The van der Waals surface area contributed by atoms with Crippen LogP contribution in [-0.2, 0) is 11.3 Å². The molecule has 2 amide bonds. The molecule has 7 nitrogen and oxygen atoms in total. The van der Waals surface area contributed by atoms with Crippen LogP contribution in [0.1, 0.15) is 16.1 Å². The SMILES string of the molecule is O=CN1CCN(C(=O)c2ccc(NCc3ccc(Cl)cc3)nn2)CC1. The lowest BCUT2D eigenvalue weighted by Crippen LogP contribution is -2.48. The molecule has 3 rings (SSSR count). The minimum Gasteiger partial charge on any atom is -0.365 e. The number of carbonyl (C=O) groups excluding carboxylic acids is 2. The largest absolute Gasteiger partial charge is 0.365 e. The predicted molar refractivity (Wildman–Crippen MR) is 94.4 cm³/mol. The molecule has 0 radical (unpaired) electrons. The van der Waals surface area contributed by atoms with Gasteiger partial charge in [0.2, 0.25) is 6.41 Å². The molecule has 0 spiro atoms. The van der Waals surface area contributed by atoms with Gasteiger partial charge < -0.3 is 15.1 Å². The summed E-state index contributed by atoms with van der Waals surface area (Å²) in [6.45, 7) is 2.70. The van der Waals surface area contributed by atoms with Gasteiger partial charge in [-0.05, 0) is 29.8 Å². The molecule has 0 atom stereocenters. The first kappa shape index (κ1) is 17.2. The number of benzene rings is 1. The van der Waals surface area contributed by atoms with E-state index in [-0.39, 0.29) is 5.91 Å². The van der Waals surface area contributed by atoms with Crippen LogP contribution in [0.5, 0.6) is 0 Å². The second-order valence-corrected chi connectivity index (χ2v) is 6.15. The van der Waals surface area contributed by atoms with Gasteiger partial charge >= 0.3 is 0 Å². The van der Waals surface area contributed by atoms with Gasteiger partial charge in [0.1, 0.15) is 5.82 Å². The molecule has 0 bridgehead atoms. The first-order valence-electron chi connectivity index (χ1n) is 7.96. The molecule has 1 aliphatic heterocycles. The molecule has 1 saturated heterocycles. The van der Waals surface area contributed by atoms with Crippen molar-refractivity contribution < 1.29 is 9.59 Å². The maximum Gasteiger partial charge on any atom is 0.274 e. The number of anilines is 1. The van der Waals surface area contributed by atoms with Crippen molar-refractivity contribution in [3.05, 3.63) is 52.7 Å². The second-order valence-electron chi connectivity index (χ2n) is 5.72. The topological polar surface area (TPSA) is 78.4 Å². The minimum atomic E-state index is -0.165. The lowest BCUT2D eigenvalue weighted by atomic mass is 10.2. The Labute approximate surface area is 150 Å². The van der Waals surface area contributed by atoms with Crippen LogP contribution < -0.4 is 5.32 Å². The zero-order chi connectivity index (χ0) is 17.6. The first-order chi connectivity index (χ1) is 12.2. The quantitative estimate of drug-likeness (QED) is 0.821. The number of hydrogen-bond donors (Lipinski definition) is 1. The van der Waals surface area contributed by atoms with Crippen LogP contribution in [0.15, 0.2) is 36.4 Å². The third kappa shape index (κ3) is 4.45. The molecule has 130 valence electrons. The van der Waals surface area contributed by atoms with Crippen LogP contribution in [0.25, 0.3) is 0 Å². The van der Waals surface area contributed by atoms with Crippen molar-refractivity contribution in [2.45, 2.75) is 6.54 Å². The summed E-state index contributed by atoms with van der Waals surface area (Å²) < 4.78 is 0. The number of carbonyl (C=O) groups is 2. The van der Waals surface area contributed by atoms with E-state index in [0.717, 1.165) is 12.0 Å². The fourth-order valence-corrected chi connectivity index (χ4v) is 2.65.